The van der Waals surface area contributed by atoms with Gasteiger partial charge >= 0.3 is 0 Å². The Morgan fingerprint density at radius 2 is 2.05 bits per heavy atom. The van der Waals surface area contributed by atoms with E-state index in [0.717, 1.165) is 23.1 Å². The zero-order valence-electron chi connectivity index (χ0n) is 11.8. The summed E-state index contributed by atoms with van der Waals surface area (Å²) in [6.45, 7) is 1.99. The van der Waals surface area contributed by atoms with Crippen LogP contribution in [0.4, 0.5) is 8.78 Å². The second kappa shape index (κ2) is 5.89. The van der Waals surface area contributed by atoms with E-state index in [1.54, 1.807) is 18.2 Å². The van der Waals surface area contributed by atoms with E-state index in [4.69, 9.17) is 11.6 Å². The number of nitrogens with zero attached hydrogens (tertiary/aromatic N) is 1. The maximum Gasteiger partial charge on any atom is 0.216 e. The molecule has 2 aromatic carbocycles. The summed E-state index contributed by atoms with van der Waals surface area (Å²) in [4.78, 5) is 0. The van der Waals surface area contributed by atoms with Crippen molar-refractivity contribution >= 4 is 34.2 Å². The lowest BCUT2D eigenvalue weighted by atomic mass is 10.00. The maximum atomic E-state index is 13.6. The predicted molar refractivity (Wildman–Crippen MR) is 85.6 cm³/mol. The van der Waals surface area contributed by atoms with E-state index >= 15 is 0 Å². The summed E-state index contributed by atoms with van der Waals surface area (Å²) < 4.78 is 26.7. The van der Waals surface area contributed by atoms with E-state index in [0.29, 0.717) is 15.9 Å². The lowest BCUT2D eigenvalue weighted by molar-refractivity contribution is 0.588. The molecular formula is C17H13ClF2N2. The van der Waals surface area contributed by atoms with Crippen molar-refractivity contribution in [3.05, 3.63) is 64.3 Å². The molecule has 0 saturated carbocycles. The van der Waals surface area contributed by atoms with Gasteiger partial charge in [-0.15, -0.1) is 0 Å². The number of fused-ring (bicyclic) bond motifs is 1. The molecule has 0 saturated heterocycles. The number of H-pyrrole nitrogens is 1. The van der Waals surface area contributed by atoms with Gasteiger partial charge in [0.25, 0.3) is 0 Å². The van der Waals surface area contributed by atoms with Crippen molar-refractivity contribution in [2.75, 3.05) is 0 Å². The lowest BCUT2D eigenvalue weighted by Crippen LogP contribution is -1.87. The third-order valence-corrected chi connectivity index (χ3v) is 3.84. The van der Waals surface area contributed by atoms with Gasteiger partial charge in [0.2, 0.25) is 5.95 Å². The van der Waals surface area contributed by atoms with Crippen LogP contribution in [-0.4, -0.2) is 10.2 Å². The first kappa shape index (κ1) is 14.7. The highest BCUT2D eigenvalue weighted by Gasteiger charge is 2.08. The first-order chi connectivity index (χ1) is 10.6. The van der Waals surface area contributed by atoms with E-state index < -0.39 is 5.95 Å². The van der Waals surface area contributed by atoms with Gasteiger partial charge in [-0.3, -0.25) is 5.10 Å². The number of allylic oxidation sites excluding steroid dienone is 1. The fraction of sp³-hybridized carbons (Fsp3) is 0.118. The maximum absolute atomic E-state index is 13.6. The highest BCUT2D eigenvalue weighted by molar-refractivity contribution is 6.32. The van der Waals surface area contributed by atoms with Crippen molar-refractivity contribution in [2.24, 2.45) is 0 Å². The summed E-state index contributed by atoms with van der Waals surface area (Å²) in [7, 11) is 0. The molecule has 0 aliphatic heterocycles. The molecule has 0 unspecified atom stereocenters. The van der Waals surface area contributed by atoms with Gasteiger partial charge in [0.05, 0.1) is 15.9 Å². The molecule has 112 valence electrons. The Bertz CT molecular complexity index is 868. The van der Waals surface area contributed by atoms with E-state index in [2.05, 4.69) is 10.2 Å². The van der Waals surface area contributed by atoms with E-state index in [1.807, 2.05) is 19.1 Å². The zero-order chi connectivity index (χ0) is 15.7. The van der Waals surface area contributed by atoms with Crippen LogP contribution >= 0.6 is 11.6 Å². The van der Waals surface area contributed by atoms with Crippen molar-refractivity contribution in [2.45, 2.75) is 13.3 Å². The second-order valence-electron chi connectivity index (χ2n) is 4.96. The molecule has 0 spiro atoms. The molecule has 0 amide bonds. The molecule has 2 nitrogen and oxygen atoms in total. The van der Waals surface area contributed by atoms with Gasteiger partial charge < -0.3 is 0 Å². The Hall–Kier alpha value is -2.20. The lowest BCUT2D eigenvalue weighted by Gasteiger charge is -2.08. The smallest absolute Gasteiger partial charge is 0.216 e. The summed E-state index contributed by atoms with van der Waals surface area (Å²) in [6, 6.07) is 9.66. The standard InChI is InChI=1S/C17H13ClF2N2/c1-2-11(13-5-4-12(19)9-15(13)18)7-10-3-6-16-14(8-10)17(20)22-21-16/h3-9H,2H2,1H3,(H,21,22)/b11-7-. The van der Waals surface area contributed by atoms with Gasteiger partial charge in [-0.05, 0) is 47.4 Å². The number of benzene rings is 2. The van der Waals surface area contributed by atoms with Gasteiger partial charge in [0, 0.05) is 0 Å². The Morgan fingerprint density at radius 1 is 1.23 bits per heavy atom. The van der Waals surface area contributed by atoms with Crippen LogP contribution in [0.2, 0.25) is 5.02 Å². The summed E-state index contributed by atoms with van der Waals surface area (Å²) in [6.07, 6.45) is 2.64. The molecular weight excluding hydrogens is 306 g/mol. The zero-order valence-corrected chi connectivity index (χ0v) is 12.6. The van der Waals surface area contributed by atoms with Crippen molar-refractivity contribution in [1.82, 2.24) is 10.2 Å². The minimum atomic E-state index is -0.455. The van der Waals surface area contributed by atoms with Crippen molar-refractivity contribution < 1.29 is 8.78 Å². The molecule has 0 aliphatic rings. The number of hydrogen-bond acceptors (Lipinski definition) is 1. The van der Waals surface area contributed by atoms with Gasteiger partial charge in [-0.25, -0.2) is 4.39 Å². The van der Waals surface area contributed by atoms with Crippen LogP contribution in [0, 0.1) is 11.8 Å². The molecule has 0 radical (unpaired) electrons. The van der Waals surface area contributed by atoms with E-state index in [1.165, 1.54) is 12.1 Å². The number of aromatic nitrogens is 2. The quantitative estimate of drug-likeness (QED) is 0.639. The Labute approximate surface area is 131 Å². The predicted octanol–water partition coefficient (Wildman–Crippen LogP) is 5.45. The van der Waals surface area contributed by atoms with Crippen molar-refractivity contribution in [3.63, 3.8) is 0 Å². The Morgan fingerprint density at radius 3 is 2.77 bits per heavy atom. The van der Waals surface area contributed by atoms with Crippen LogP contribution in [-0.2, 0) is 0 Å². The second-order valence-corrected chi connectivity index (χ2v) is 5.37. The highest BCUT2D eigenvalue weighted by atomic mass is 35.5. The Balaban J connectivity index is 2.07. The fourth-order valence-electron chi connectivity index (χ4n) is 2.41. The summed E-state index contributed by atoms with van der Waals surface area (Å²) >= 11 is 6.12. The van der Waals surface area contributed by atoms with Gasteiger partial charge in [-0.2, -0.15) is 9.49 Å². The number of rotatable bonds is 3. The average Bonchev–Trinajstić information content (AvgIpc) is 2.86. The molecule has 1 aromatic heterocycles. The van der Waals surface area contributed by atoms with Gasteiger partial charge in [-0.1, -0.05) is 36.7 Å². The topological polar surface area (TPSA) is 28.7 Å². The summed E-state index contributed by atoms with van der Waals surface area (Å²) in [5, 5.41) is 6.98. The number of aromatic amines is 1. The third-order valence-electron chi connectivity index (χ3n) is 3.53. The van der Waals surface area contributed by atoms with Gasteiger partial charge in [0.1, 0.15) is 5.82 Å². The van der Waals surface area contributed by atoms with Crippen LogP contribution in [0.3, 0.4) is 0 Å². The van der Waals surface area contributed by atoms with Gasteiger partial charge in [0.15, 0.2) is 0 Å². The van der Waals surface area contributed by atoms with Crippen LogP contribution in [0.1, 0.15) is 24.5 Å². The normalized spacial score (nSPS) is 12.1. The number of hydrogen-bond donors (Lipinski definition) is 1. The summed E-state index contributed by atoms with van der Waals surface area (Å²) in [5.41, 5.74) is 3.14. The van der Waals surface area contributed by atoms with Crippen LogP contribution in [0.25, 0.3) is 22.6 Å². The monoisotopic (exact) mass is 318 g/mol. The molecule has 3 rings (SSSR count). The van der Waals surface area contributed by atoms with E-state index in [-0.39, 0.29) is 5.82 Å². The molecule has 0 fully saturated rings. The Kier molecular flexibility index (Phi) is 3.94. The molecule has 3 aromatic rings. The first-order valence-corrected chi connectivity index (χ1v) is 7.26. The van der Waals surface area contributed by atoms with Crippen molar-refractivity contribution in [1.29, 1.82) is 0 Å². The molecule has 0 bridgehead atoms. The average molecular weight is 319 g/mol. The summed E-state index contributed by atoms with van der Waals surface area (Å²) in [5.74, 6) is -0.825. The van der Waals surface area contributed by atoms with E-state index in [9.17, 15) is 8.78 Å². The largest absolute Gasteiger partial charge is 0.252 e. The molecule has 1 heterocycles. The molecule has 22 heavy (non-hydrogen) atoms. The fourth-order valence-corrected chi connectivity index (χ4v) is 2.70. The SMILES string of the molecule is CC/C(=C/c1ccc2n[nH]c(F)c2c1)c1ccc(F)cc1Cl. The first-order valence-electron chi connectivity index (χ1n) is 6.88. The number of halogens is 3. The van der Waals surface area contributed by atoms with Crippen molar-refractivity contribution in [3.8, 4) is 0 Å². The third kappa shape index (κ3) is 2.74. The van der Waals surface area contributed by atoms with Crippen LogP contribution in [0.15, 0.2) is 36.4 Å². The minimum absolute atomic E-state index is 0.365. The minimum Gasteiger partial charge on any atom is -0.252 e. The van der Waals surface area contributed by atoms with Crippen LogP contribution in [0.5, 0.6) is 0 Å². The highest BCUT2D eigenvalue weighted by Crippen LogP contribution is 2.29. The number of nitrogens with one attached hydrogen (secondary N) is 1. The van der Waals surface area contributed by atoms with Crippen LogP contribution < -0.4 is 0 Å². The molecule has 1 N–H and O–H groups in total. The molecule has 5 heteroatoms. The molecule has 0 aliphatic carbocycles. The molecule has 0 atom stereocenters.